The number of aromatic nitrogens is 1. The highest BCUT2D eigenvalue weighted by molar-refractivity contribution is 7.85. The van der Waals surface area contributed by atoms with Gasteiger partial charge in [-0.05, 0) is 97.4 Å². The van der Waals surface area contributed by atoms with E-state index in [0.29, 0.717) is 61.2 Å². The summed E-state index contributed by atoms with van der Waals surface area (Å²) in [7, 11) is -4.34. The molecule has 2 spiro atoms. The SMILES string of the molecule is CC1(Cc2ccc(S(=O)(=O)O)cc2)CCC2(CC1)N[C@@H](C(=O)N[C@@H]1CC[C@@H](C(N)=O)OC1)[C@H](c1ccnc(Cl)c1F)[C@]21C(=O)Nc2cc(Cl)ccc21. The Morgan fingerprint density at radius 2 is 1.81 bits per heavy atom. The van der Waals surface area contributed by atoms with E-state index in [4.69, 9.17) is 33.7 Å². The van der Waals surface area contributed by atoms with Gasteiger partial charge in [0.05, 0.1) is 23.6 Å². The van der Waals surface area contributed by atoms with E-state index in [9.17, 15) is 27.4 Å². The molecule has 7 rings (SSSR count). The lowest BCUT2D eigenvalue weighted by Gasteiger charge is -2.51. The minimum atomic E-state index is -4.34. The summed E-state index contributed by atoms with van der Waals surface area (Å²) in [5, 5.41) is 9.66. The van der Waals surface area contributed by atoms with Crippen LogP contribution in [0.4, 0.5) is 10.1 Å². The summed E-state index contributed by atoms with van der Waals surface area (Å²) in [4.78, 5) is 44.7. The molecular formula is C36H38Cl2FN5O7S. The Balaban J connectivity index is 1.29. The minimum absolute atomic E-state index is 0.0495. The van der Waals surface area contributed by atoms with Crippen LogP contribution in [-0.2, 0) is 41.1 Å². The second-order valence-corrected chi connectivity index (χ2v) is 17.0. The third kappa shape index (κ3) is 6.16. The van der Waals surface area contributed by atoms with E-state index in [1.165, 1.54) is 24.4 Å². The molecule has 0 unspecified atom stereocenters. The van der Waals surface area contributed by atoms with Crippen molar-refractivity contribution < 1.29 is 36.5 Å². The second kappa shape index (κ2) is 13.3. The highest BCUT2D eigenvalue weighted by Gasteiger charge is 2.73. The molecule has 3 fully saturated rings. The van der Waals surface area contributed by atoms with Crippen molar-refractivity contribution in [2.24, 2.45) is 11.1 Å². The molecule has 6 N–H and O–H groups in total. The molecule has 2 saturated heterocycles. The highest BCUT2D eigenvalue weighted by Crippen LogP contribution is 2.64. The number of ether oxygens (including phenoxy) is 1. The minimum Gasteiger partial charge on any atom is -0.367 e. The van der Waals surface area contributed by atoms with Gasteiger partial charge < -0.3 is 21.1 Å². The fourth-order valence-electron chi connectivity index (χ4n) is 9.08. The van der Waals surface area contributed by atoms with Gasteiger partial charge in [-0.1, -0.05) is 48.3 Å². The fraction of sp³-hybridized carbons (Fsp3) is 0.444. The third-order valence-corrected chi connectivity index (χ3v) is 13.0. The quantitative estimate of drug-likeness (QED) is 0.171. The van der Waals surface area contributed by atoms with Crippen LogP contribution < -0.4 is 21.7 Å². The molecule has 3 aromatic rings. The number of hydrogen-bond acceptors (Lipinski definition) is 8. The van der Waals surface area contributed by atoms with Crippen LogP contribution in [0.5, 0.6) is 0 Å². The number of amides is 3. The molecule has 3 amide bonds. The summed E-state index contributed by atoms with van der Waals surface area (Å²) in [5.41, 5.74) is 4.54. The lowest BCUT2D eigenvalue weighted by molar-refractivity contribution is -0.134. The second-order valence-electron chi connectivity index (χ2n) is 14.8. The first-order valence-corrected chi connectivity index (χ1v) is 19.2. The van der Waals surface area contributed by atoms with E-state index in [2.05, 4.69) is 27.9 Å². The van der Waals surface area contributed by atoms with Gasteiger partial charge in [0.15, 0.2) is 11.0 Å². The van der Waals surface area contributed by atoms with E-state index in [1.807, 2.05) is 0 Å². The first-order valence-electron chi connectivity index (χ1n) is 17.0. The average Bonchev–Trinajstić information content (AvgIpc) is 3.55. The van der Waals surface area contributed by atoms with Crippen LogP contribution in [0.1, 0.15) is 68.1 Å². The number of primary amides is 1. The van der Waals surface area contributed by atoms with Gasteiger partial charge in [0, 0.05) is 28.4 Å². The van der Waals surface area contributed by atoms with E-state index in [-0.39, 0.29) is 22.5 Å². The molecule has 52 heavy (non-hydrogen) atoms. The van der Waals surface area contributed by atoms with Crippen molar-refractivity contribution in [1.29, 1.82) is 0 Å². The molecule has 0 radical (unpaired) electrons. The predicted molar refractivity (Wildman–Crippen MR) is 190 cm³/mol. The molecule has 1 aliphatic carbocycles. The maximum absolute atomic E-state index is 16.3. The van der Waals surface area contributed by atoms with Crippen LogP contribution in [0.15, 0.2) is 59.6 Å². The number of nitrogens with one attached hydrogen (secondary N) is 3. The van der Waals surface area contributed by atoms with Crippen LogP contribution >= 0.6 is 23.2 Å². The molecule has 2 aromatic carbocycles. The molecule has 0 bridgehead atoms. The molecule has 5 atom stereocenters. The summed E-state index contributed by atoms with van der Waals surface area (Å²) in [6.07, 6.45) is 3.92. The Hall–Kier alpha value is -3.66. The number of nitrogens with two attached hydrogens (primary N) is 1. The molecule has 4 heterocycles. The number of hydrogen-bond donors (Lipinski definition) is 5. The highest BCUT2D eigenvalue weighted by atomic mass is 35.5. The van der Waals surface area contributed by atoms with E-state index < -0.39 is 73.9 Å². The van der Waals surface area contributed by atoms with E-state index in [1.54, 1.807) is 30.3 Å². The normalized spacial score (nSPS) is 31.4. The predicted octanol–water partition coefficient (Wildman–Crippen LogP) is 4.43. The van der Waals surface area contributed by atoms with Crippen LogP contribution in [0.2, 0.25) is 10.2 Å². The van der Waals surface area contributed by atoms with Gasteiger partial charge in [-0.15, -0.1) is 0 Å². The van der Waals surface area contributed by atoms with Crippen molar-refractivity contribution in [3.63, 3.8) is 0 Å². The zero-order chi connectivity index (χ0) is 37.2. The van der Waals surface area contributed by atoms with Crippen molar-refractivity contribution in [2.75, 3.05) is 11.9 Å². The van der Waals surface area contributed by atoms with Crippen LogP contribution in [0.3, 0.4) is 0 Å². The monoisotopic (exact) mass is 773 g/mol. The van der Waals surface area contributed by atoms with Crippen molar-refractivity contribution in [2.45, 2.75) is 91.8 Å². The maximum Gasteiger partial charge on any atom is 0.294 e. The number of benzene rings is 2. The number of fused-ring (bicyclic) bond motifs is 3. The molecule has 1 saturated carbocycles. The summed E-state index contributed by atoms with van der Waals surface area (Å²) in [6.45, 7) is 2.17. The van der Waals surface area contributed by atoms with Gasteiger partial charge in [-0.25, -0.2) is 9.37 Å². The molecule has 276 valence electrons. The number of pyridine rings is 1. The van der Waals surface area contributed by atoms with Gasteiger partial charge in [0.2, 0.25) is 17.7 Å². The Labute approximate surface area is 310 Å². The zero-order valence-electron chi connectivity index (χ0n) is 28.1. The third-order valence-electron chi connectivity index (χ3n) is 11.6. The van der Waals surface area contributed by atoms with Crippen LogP contribution in [-0.4, -0.2) is 66.0 Å². The molecule has 12 nitrogen and oxygen atoms in total. The van der Waals surface area contributed by atoms with Gasteiger partial charge in [0.1, 0.15) is 11.5 Å². The number of carbonyl (C=O) groups is 3. The van der Waals surface area contributed by atoms with E-state index in [0.717, 1.165) is 5.56 Å². The Morgan fingerprint density at radius 3 is 2.44 bits per heavy atom. The first kappa shape index (κ1) is 36.7. The zero-order valence-corrected chi connectivity index (χ0v) is 30.5. The van der Waals surface area contributed by atoms with Crippen molar-refractivity contribution >= 4 is 56.7 Å². The van der Waals surface area contributed by atoms with Gasteiger partial charge in [-0.3, -0.25) is 24.3 Å². The maximum atomic E-state index is 16.3. The standard InChI is InChI=1S/C36H38Cl2FN5O7S/c1-34(17-19-2-6-22(7-3-19)52(48,49)50)11-13-35(14-12-34)36(24-8-4-20(37)16-25(24)43-33(36)47)27(23-10-15-41-30(38)28(23)39)29(44-35)32(46)42-21-5-9-26(31(40)45)51-18-21/h2-4,6-8,10,15-16,21,26-27,29,44H,5,9,11-14,17-18H2,1H3,(H2,40,45)(H,42,46)(H,43,47)(H,48,49,50)/t21-,26+,27+,29-,34?,35?,36-/m1/s1. The molecule has 3 aliphatic heterocycles. The Morgan fingerprint density at radius 1 is 1.10 bits per heavy atom. The summed E-state index contributed by atoms with van der Waals surface area (Å²) >= 11 is 12.7. The summed E-state index contributed by atoms with van der Waals surface area (Å²) in [6, 6.07) is 11.0. The summed E-state index contributed by atoms with van der Waals surface area (Å²) < 4.78 is 54.5. The fourth-order valence-corrected chi connectivity index (χ4v) is 9.90. The molecule has 16 heteroatoms. The van der Waals surface area contributed by atoms with Crippen molar-refractivity contribution in [1.82, 2.24) is 15.6 Å². The number of nitrogens with zero attached hydrogens (tertiary/aromatic N) is 1. The van der Waals surface area contributed by atoms with Crippen LogP contribution in [0, 0.1) is 11.2 Å². The van der Waals surface area contributed by atoms with Crippen molar-refractivity contribution in [3.05, 3.63) is 87.4 Å². The van der Waals surface area contributed by atoms with Crippen LogP contribution in [0.25, 0.3) is 0 Å². The Kier molecular flexibility index (Phi) is 9.40. The lowest BCUT2D eigenvalue weighted by Crippen LogP contribution is -2.62. The van der Waals surface area contributed by atoms with Crippen molar-refractivity contribution in [3.8, 4) is 0 Å². The Bertz CT molecular complexity index is 2050. The van der Waals surface area contributed by atoms with Gasteiger partial charge in [-0.2, -0.15) is 8.42 Å². The number of halogens is 3. The van der Waals surface area contributed by atoms with E-state index >= 15 is 4.39 Å². The number of rotatable bonds is 7. The number of carbonyl (C=O) groups excluding carboxylic acids is 3. The summed E-state index contributed by atoms with van der Waals surface area (Å²) in [5.74, 6) is -3.38. The topological polar surface area (TPSA) is 190 Å². The molecule has 4 aliphatic rings. The van der Waals surface area contributed by atoms with Gasteiger partial charge >= 0.3 is 0 Å². The average molecular weight is 775 g/mol. The molecule has 1 aromatic heterocycles. The first-order chi connectivity index (χ1) is 24.6. The van der Waals surface area contributed by atoms with Gasteiger partial charge in [0.25, 0.3) is 10.1 Å². The number of anilines is 1. The lowest BCUT2D eigenvalue weighted by atomic mass is 9.52. The molecular weight excluding hydrogens is 736 g/mol. The smallest absolute Gasteiger partial charge is 0.294 e. The largest absolute Gasteiger partial charge is 0.367 e.